The van der Waals surface area contributed by atoms with Crippen LogP contribution in [0.4, 0.5) is 0 Å². The number of nitrogens with one attached hydrogen (secondary N) is 1. The molecule has 0 saturated carbocycles. The van der Waals surface area contributed by atoms with E-state index in [0.29, 0.717) is 6.04 Å². The van der Waals surface area contributed by atoms with Gasteiger partial charge in [-0.25, -0.2) is 0 Å². The van der Waals surface area contributed by atoms with Crippen LogP contribution in [-0.4, -0.2) is 31.3 Å². The number of benzene rings is 1. The molecule has 106 valence electrons. The van der Waals surface area contributed by atoms with Gasteiger partial charge in [0, 0.05) is 23.9 Å². The first-order chi connectivity index (χ1) is 9.35. The first-order valence-electron chi connectivity index (χ1n) is 6.95. The standard InChI is InChI=1S/C15H23NO2S/c1-3-8-18-15-12(5-4-6-14(15)17-2)10-16-13-7-9-19-11-13/h4-6,13,16H,3,7-11H2,1-2H3/t13-/m0/s1. The lowest BCUT2D eigenvalue weighted by molar-refractivity contribution is 0.290. The molecule has 4 heteroatoms. The zero-order chi connectivity index (χ0) is 13.5. The van der Waals surface area contributed by atoms with E-state index in [-0.39, 0.29) is 0 Å². The van der Waals surface area contributed by atoms with Crippen molar-refractivity contribution in [2.75, 3.05) is 25.2 Å². The molecule has 3 nitrogen and oxygen atoms in total. The van der Waals surface area contributed by atoms with Gasteiger partial charge in [-0.3, -0.25) is 0 Å². The molecule has 1 aromatic carbocycles. The van der Waals surface area contributed by atoms with Crippen LogP contribution >= 0.6 is 11.8 Å². The lowest BCUT2D eigenvalue weighted by atomic mass is 10.1. The number of hydrogen-bond acceptors (Lipinski definition) is 4. The monoisotopic (exact) mass is 281 g/mol. The molecule has 0 aromatic heterocycles. The largest absolute Gasteiger partial charge is 0.493 e. The van der Waals surface area contributed by atoms with Crippen LogP contribution in [0.1, 0.15) is 25.3 Å². The van der Waals surface area contributed by atoms with E-state index in [1.807, 2.05) is 23.9 Å². The molecule has 0 spiro atoms. The fraction of sp³-hybridized carbons (Fsp3) is 0.600. The first-order valence-corrected chi connectivity index (χ1v) is 8.10. The number of hydrogen-bond donors (Lipinski definition) is 1. The fourth-order valence-electron chi connectivity index (χ4n) is 2.18. The maximum Gasteiger partial charge on any atom is 0.165 e. The molecule has 0 amide bonds. The van der Waals surface area contributed by atoms with Crippen LogP contribution in [0.25, 0.3) is 0 Å². The predicted molar refractivity (Wildman–Crippen MR) is 81.3 cm³/mol. The zero-order valence-electron chi connectivity index (χ0n) is 11.8. The van der Waals surface area contributed by atoms with Crippen molar-refractivity contribution in [3.63, 3.8) is 0 Å². The van der Waals surface area contributed by atoms with Crippen LogP contribution in [0.2, 0.25) is 0 Å². The highest BCUT2D eigenvalue weighted by molar-refractivity contribution is 7.99. The van der Waals surface area contributed by atoms with Gasteiger partial charge in [-0.1, -0.05) is 19.1 Å². The molecule has 2 rings (SSSR count). The Labute approximate surface area is 120 Å². The molecule has 0 aliphatic carbocycles. The molecule has 0 bridgehead atoms. The van der Waals surface area contributed by atoms with E-state index in [0.717, 1.165) is 31.1 Å². The fourth-order valence-corrected chi connectivity index (χ4v) is 3.37. The Bertz CT molecular complexity index is 392. The molecule has 19 heavy (non-hydrogen) atoms. The van der Waals surface area contributed by atoms with E-state index >= 15 is 0 Å². The van der Waals surface area contributed by atoms with E-state index in [9.17, 15) is 0 Å². The molecule has 1 heterocycles. The summed E-state index contributed by atoms with van der Waals surface area (Å²) in [6.45, 7) is 3.69. The van der Waals surface area contributed by atoms with E-state index in [4.69, 9.17) is 9.47 Å². The SMILES string of the molecule is CCCOc1c(CN[C@H]2CCSC2)cccc1OC. The summed E-state index contributed by atoms with van der Waals surface area (Å²) in [7, 11) is 1.69. The number of thioether (sulfide) groups is 1. The topological polar surface area (TPSA) is 30.5 Å². The summed E-state index contributed by atoms with van der Waals surface area (Å²) in [6, 6.07) is 6.73. The van der Waals surface area contributed by atoms with Gasteiger partial charge in [0.2, 0.25) is 0 Å². The van der Waals surface area contributed by atoms with Gasteiger partial charge < -0.3 is 14.8 Å². The van der Waals surface area contributed by atoms with Crippen LogP contribution in [0, 0.1) is 0 Å². The second-order valence-electron chi connectivity index (χ2n) is 4.74. The molecule has 0 unspecified atom stereocenters. The predicted octanol–water partition coefficient (Wildman–Crippen LogP) is 3.08. The van der Waals surface area contributed by atoms with Crippen LogP contribution in [0.15, 0.2) is 18.2 Å². The second kappa shape index (κ2) is 7.65. The molecule has 1 aliphatic rings. The molecular weight excluding hydrogens is 258 g/mol. The van der Waals surface area contributed by atoms with Gasteiger partial charge in [-0.15, -0.1) is 0 Å². The Kier molecular flexibility index (Phi) is 5.86. The van der Waals surface area contributed by atoms with E-state index in [2.05, 4.69) is 18.3 Å². The third-order valence-electron chi connectivity index (χ3n) is 3.24. The Morgan fingerprint density at radius 2 is 2.32 bits per heavy atom. The van der Waals surface area contributed by atoms with Crippen LogP contribution in [0.5, 0.6) is 11.5 Å². The average molecular weight is 281 g/mol. The second-order valence-corrected chi connectivity index (χ2v) is 5.89. The summed E-state index contributed by atoms with van der Waals surface area (Å²) >= 11 is 2.02. The molecule has 1 saturated heterocycles. The summed E-state index contributed by atoms with van der Waals surface area (Å²) in [4.78, 5) is 0. The van der Waals surface area contributed by atoms with Gasteiger partial charge in [0.15, 0.2) is 11.5 Å². The summed E-state index contributed by atoms with van der Waals surface area (Å²) in [5.74, 6) is 4.21. The van der Waals surface area contributed by atoms with Gasteiger partial charge >= 0.3 is 0 Å². The maximum absolute atomic E-state index is 5.85. The number of para-hydroxylation sites is 1. The Morgan fingerprint density at radius 3 is 3.00 bits per heavy atom. The quantitative estimate of drug-likeness (QED) is 0.832. The summed E-state index contributed by atoms with van der Waals surface area (Å²) in [5, 5.41) is 3.61. The van der Waals surface area contributed by atoms with Crippen molar-refractivity contribution in [2.24, 2.45) is 0 Å². The van der Waals surface area contributed by atoms with Crippen LogP contribution in [0.3, 0.4) is 0 Å². The van der Waals surface area contributed by atoms with Gasteiger partial charge in [0.1, 0.15) is 0 Å². The average Bonchev–Trinajstić information content (AvgIpc) is 2.96. The maximum atomic E-state index is 5.85. The van der Waals surface area contributed by atoms with Crippen LogP contribution in [-0.2, 0) is 6.54 Å². The highest BCUT2D eigenvalue weighted by Crippen LogP contribution is 2.31. The summed E-state index contributed by atoms with van der Waals surface area (Å²) in [6.07, 6.45) is 2.27. The molecule has 1 aromatic rings. The molecular formula is C15H23NO2S. The van der Waals surface area contributed by atoms with Crippen molar-refractivity contribution in [3.8, 4) is 11.5 Å². The summed E-state index contributed by atoms with van der Waals surface area (Å²) < 4.78 is 11.3. The zero-order valence-corrected chi connectivity index (χ0v) is 12.6. The van der Waals surface area contributed by atoms with Crippen molar-refractivity contribution in [3.05, 3.63) is 23.8 Å². The number of rotatable bonds is 7. The Morgan fingerprint density at radius 1 is 1.42 bits per heavy atom. The van der Waals surface area contributed by atoms with Crippen molar-refractivity contribution in [2.45, 2.75) is 32.4 Å². The first kappa shape index (κ1) is 14.5. The van der Waals surface area contributed by atoms with Crippen molar-refractivity contribution < 1.29 is 9.47 Å². The third-order valence-corrected chi connectivity index (χ3v) is 4.40. The van der Waals surface area contributed by atoms with Crippen molar-refractivity contribution in [1.82, 2.24) is 5.32 Å². The highest BCUT2D eigenvalue weighted by Gasteiger charge is 2.16. The van der Waals surface area contributed by atoms with E-state index in [1.165, 1.54) is 23.5 Å². The smallest absolute Gasteiger partial charge is 0.165 e. The Hall–Kier alpha value is -0.870. The van der Waals surface area contributed by atoms with Crippen molar-refractivity contribution >= 4 is 11.8 Å². The van der Waals surface area contributed by atoms with Gasteiger partial charge in [0.25, 0.3) is 0 Å². The number of ether oxygens (including phenoxy) is 2. The Balaban J connectivity index is 2.03. The molecule has 1 N–H and O–H groups in total. The highest BCUT2D eigenvalue weighted by atomic mass is 32.2. The van der Waals surface area contributed by atoms with Gasteiger partial charge in [0.05, 0.1) is 13.7 Å². The lowest BCUT2D eigenvalue weighted by Gasteiger charge is -2.17. The third kappa shape index (κ3) is 4.05. The molecule has 0 radical (unpaired) electrons. The van der Waals surface area contributed by atoms with E-state index in [1.54, 1.807) is 7.11 Å². The normalized spacial score (nSPS) is 18.5. The number of methoxy groups -OCH3 is 1. The van der Waals surface area contributed by atoms with Crippen LogP contribution < -0.4 is 14.8 Å². The lowest BCUT2D eigenvalue weighted by Crippen LogP contribution is -2.28. The minimum absolute atomic E-state index is 0.634. The summed E-state index contributed by atoms with van der Waals surface area (Å²) in [5.41, 5.74) is 1.18. The van der Waals surface area contributed by atoms with E-state index < -0.39 is 0 Å². The molecule has 1 fully saturated rings. The molecule has 1 aliphatic heterocycles. The van der Waals surface area contributed by atoms with Gasteiger partial charge in [-0.05, 0) is 24.7 Å². The molecule has 1 atom stereocenters. The minimum Gasteiger partial charge on any atom is -0.493 e. The van der Waals surface area contributed by atoms with Gasteiger partial charge in [-0.2, -0.15) is 11.8 Å². The minimum atomic E-state index is 0.634. The van der Waals surface area contributed by atoms with Crippen molar-refractivity contribution in [1.29, 1.82) is 0 Å².